The van der Waals surface area contributed by atoms with Crippen LogP contribution in [0.5, 0.6) is 5.75 Å². The fraction of sp³-hybridized carbons (Fsp3) is 0.579. The normalized spacial score (nSPS) is 18.2. The lowest BCUT2D eigenvalue weighted by Crippen LogP contribution is -2.43. The van der Waals surface area contributed by atoms with Crippen molar-refractivity contribution >= 4 is 11.8 Å². The summed E-state index contributed by atoms with van der Waals surface area (Å²) in [5.74, 6) is -0.196. The Morgan fingerprint density at radius 2 is 1.81 bits per heavy atom. The lowest BCUT2D eigenvalue weighted by Gasteiger charge is -2.33. The SMILES string of the molecule is NCCOc1ccc(F)cc1C(=O)N1CCC(C(=O)N2CCCC2)CC1. The van der Waals surface area contributed by atoms with Crippen LogP contribution >= 0.6 is 0 Å². The zero-order chi connectivity index (χ0) is 18.5. The van der Waals surface area contributed by atoms with Gasteiger partial charge in [0, 0.05) is 38.6 Å². The van der Waals surface area contributed by atoms with Gasteiger partial charge in [-0.15, -0.1) is 0 Å². The third kappa shape index (κ3) is 4.15. The highest BCUT2D eigenvalue weighted by molar-refractivity contribution is 5.97. The molecule has 142 valence electrons. The summed E-state index contributed by atoms with van der Waals surface area (Å²) in [5.41, 5.74) is 5.65. The second-order valence-electron chi connectivity index (χ2n) is 6.88. The zero-order valence-electron chi connectivity index (χ0n) is 15.0. The number of carbonyl (C=O) groups is 2. The van der Waals surface area contributed by atoms with Crippen molar-refractivity contribution in [3.05, 3.63) is 29.6 Å². The molecule has 0 aliphatic carbocycles. The maximum atomic E-state index is 13.6. The van der Waals surface area contributed by atoms with Gasteiger partial charge in [0.25, 0.3) is 5.91 Å². The van der Waals surface area contributed by atoms with E-state index in [1.54, 1.807) is 4.90 Å². The highest BCUT2D eigenvalue weighted by Gasteiger charge is 2.32. The topological polar surface area (TPSA) is 75.9 Å². The second-order valence-corrected chi connectivity index (χ2v) is 6.88. The molecule has 26 heavy (non-hydrogen) atoms. The van der Waals surface area contributed by atoms with E-state index in [4.69, 9.17) is 10.5 Å². The van der Waals surface area contributed by atoms with Gasteiger partial charge in [-0.3, -0.25) is 9.59 Å². The quantitative estimate of drug-likeness (QED) is 0.863. The van der Waals surface area contributed by atoms with Crippen molar-refractivity contribution in [3.63, 3.8) is 0 Å². The molecule has 0 saturated carbocycles. The first-order valence-corrected chi connectivity index (χ1v) is 9.30. The lowest BCUT2D eigenvalue weighted by atomic mass is 9.94. The van der Waals surface area contributed by atoms with Gasteiger partial charge in [-0.1, -0.05) is 0 Å². The van der Waals surface area contributed by atoms with Crippen LogP contribution in [0.1, 0.15) is 36.0 Å². The minimum atomic E-state index is -0.479. The molecule has 2 aliphatic rings. The van der Waals surface area contributed by atoms with E-state index >= 15 is 0 Å². The Morgan fingerprint density at radius 1 is 1.12 bits per heavy atom. The number of hydrogen-bond acceptors (Lipinski definition) is 4. The van der Waals surface area contributed by atoms with Crippen molar-refractivity contribution in [3.8, 4) is 5.75 Å². The molecule has 2 aliphatic heterocycles. The zero-order valence-corrected chi connectivity index (χ0v) is 15.0. The fourth-order valence-electron chi connectivity index (χ4n) is 3.66. The number of rotatable bonds is 5. The molecule has 1 aromatic rings. The average Bonchev–Trinajstić information content (AvgIpc) is 3.21. The first-order chi connectivity index (χ1) is 12.6. The lowest BCUT2D eigenvalue weighted by molar-refractivity contribution is -0.135. The second kappa shape index (κ2) is 8.49. The van der Waals surface area contributed by atoms with Crippen molar-refractivity contribution in [2.24, 2.45) is 11.7 Å². The Labute approximate surface area is 153 Å². The number of halogens is 1. The number of nitrogens with two attached hydrogens (primary N) is 1. The van der Waals surface area contributed by atoms with Crippen molar-refractivity contribution < 1.29 is 18.7 Å². The van der Waals surface area contributed by atoms with Crippen LogP contribution < -0.4 is 10.5 Å². The first kappa shape index (κ1) is 18.6. The molecular weight excluding hydrogens is 337 g/mol. The Kier molecular flexibility index (Phi) is 6.08. The molecule has 6 nitrogen and oxygen atoms in total. The van der Waals surface area contributed by atoms with Gasteiger partial charge in [-0.05, 0) is 43.9 Å². The molecule has 7 heteroatoms. The molecule has 0 spiro atoms. The largest absolute Gasteiger partial charge is 0.491 e. The molecule has 2 amide bonds. The molecule has 0 unspecified atom stereocenters. The van der Waals surface area contributed by atoms with Gasteiger partial charge in [0.15, 0.2) is 0 Å². The minimum Gasteiger partial charge on any atom is -0.491 e. The molecule has 1 aromatic carbocycles. The Morgan fingerprint density at radius 3 is 2.46 bits per heavy atom. The van der Waals surface area contributed by atoms with Gasteiger partial charge in [0.1, 0.15) is 18.2 Å². The van der Waals surface area contributed by atoms with Crippen LogP contribution in [0.15, 0.2) is 18.2 Å². The number of amides is 2. The summed E-state index contributed by atoms with van der Waals surface area (Å²) in [5, 5.41) is 0. The Bertz CT molecular complexity index is 653. The Hall–Kier alpha value is -2.15. The van der Waals surface area contributed by atoms with E-state index in [0.717, 1.165) is 25.9 Å². The summed E-state index contributed by atoms with van der Waals surface area (Å²) in [6.07, 6.45) is 3.45. The standard InChI is InChI=1S/C19H26FN3O3/c20-15-3-4-17(26-12-7-21)16(13-15)19(25)23-10-5-14(6-11-23)18(24)22-8-1-2-9-22/h3-4,13-14H,1-2,5-12,21H2. The van der Waals surface area contributed by atoms with Crippen LogP contribution in [0, 0.1) is 11.7 Å². The third-order valence-electron chi connectivity index (χ3n) is 5.10. The van der Waals surface area contributed by atoms with E-state index in [0.29, 0.717) is 38.2 Å². The number of hydrogen-bond donors (Lipinski definition) is 1. The Balaban J connectivity index is 1.63. The van der Waals surface area contributed by atoms with Gasteiger partial charge < -0.3 is 20.3 Å². The molecule has 0 atom stereocenters. The highest BCUT2D eigenvalue weighted by atomic mass is 19.1. The average molecular weight is 363 g/mol. The van der Waals surface area contributed by atoms with Crippen molar-refractivity contribution in [2.75, 3.05) is 39.3 Å². The molecular formula is C19H26FN3O3. The van der Waals surface area contributed by atoms with E-state index in [1.165, 1.54) is 18.2 Å². The minimum absolute atomic E-state index is 0.0161. The van der Waals surface area contributed by atoms with E-state index in [1.807, 2.05) is 4.90 Å². The summed E-state index contributed by atoms with van der Waals surface area (Å²) in [4.78, 5) is 28.9. The molecule has 3 rings (SSSR count). The predicted octanol–water partition coefficient (Wildman–Crippen LogP) is 1.64. The van der Waals surface area contributed by atoms with Gasteiger partial charge in [-0.25, -0.2) is 4.39 Å². The molecule has 0 bridgehead atoms. The van der Waals surface area contributed by atoms with Crippen molar-refractivity contribution in [2.45, 2.75) is 25.7 Å². The summed E-state index contributed by atoms with van der Waals surface area (Å²) < 4.78 is 19.1. The van der Waals surface area contributed by atoms with E-state index in [9.17, 15) is 14.0 Å². The first-order valence-electron chi connectivity index (χ1n) is 9.30. The number of nitrogens with zero attached hydrogens (tertiary/aromatic N) is 2. The van der Waals surface area contributed by atoms with Crippen LogP contribution in [0.2, 0.25) is 0 Å². The maximum absolute atomic E-state index is 13.6. The number of ether oxygens (including phenoxy) is 1. The predicted molar refractivity (Wildman–Crippen MR) is 95.4 cm³/mol. The molecule has 2 N–H and O–H groups in total. The van der Waals surface area contributed by atoms with E-state index in [2.05, 4.69) is 0 Å². The third-order valence-corrected chi connectivity index (χ3v) is 5.10. The summed E-state index contributed by atoms with van der Waals surface area (Å²) in [6, 6.07) is 3.93. The van der Waals surface area contributed by atoms with Crippen molar-refractivity contribution in [1.82, 2.24) is 9.80 Å². The monoisotopic (exact) mass is 363 g/mol. The van der Waals surface area contributed by atoms with Crippen LogP contribution in [-0.2, 0) is 4.79 Å². The molecule has 2 heterocycles. The van der Waals surface area contributed by atoms with Crippen LogP contribution in [0.4, 0.5) is 4.39 Å². The van der Waals surface area contributed by atoms with Crippen molar-refractivity contribution in [1.29, 1.82) is 0 Å². The summed E-state index contributed by atoms with van der Waals surface area (Å²) in [7, 11) is 0. The highest BCUT2D eigenvalue weighted by Crippen LogP contribution is 2.26. The molecule has 0 aromatic heterocycles. The smallest absolute Gasteiger partial charge is 0.257 e. The van der Waals surface area contributed by atoms with Crippen LogP contribution in [-0.4, -0.2) is 60.9 Å². The number of likely N-dealkylation sites (tertiary alicyclic amines) is 2. The van der Waals surface area contributed by atoms with Gasteiger partial charge >= 0.3 is 0 Å². The van der Waals surface area contributed by atoms with E-state index in [-0.39, 0.29) is 29.9 Å². The summed E-state index contributed by atoms with van der Waals surface area (Å²) >= 11 is 0. The van der Waals surface area contributed by atoms with Gasteiger partial charge in [-0.2, -0.15) is 0 Å². The summed E-state index contributed by atoms with van der Waals surface area (Å²) in [6.45, 7) is 3.27. The van der Waals surface area contributed by atoms with Gasteiger partial charge in [0.2, 0.25) is 5.91 Å². The van der Waals surface area contributed by atoms with Crippen LogP contribution in [0.25, 0.3) is 0 Å². The van der Waals surface area contributed by atoms with Gasteiger partial charge in [0.05, 0.1) is 5.56 Å². The van der Waals surface area contributed by atoms with Crippen LogP contribution in [0.3, 0.4) is 0 Å². The molecule has 2 saturated heterocycles. The van der Waals surface area contributed by atoms with E-state index < -0.39 is 5.82 Å². The number of carbonyl (C=O) groups excluding carboxylic acids is 2. The molecule has 2 fully saturated rings. The number of benzene rings is 1. The fourth-order valence-corrected chi connectivity index (χ4v) is 3.66. The maximum Gasteiger partial charge on any atom is 0.257 e. The number of piperidine rings is 1. The molecule has 0 radical (unpaired) electrons.